The normalized spacial score (nSPS) is 17.8. The molecule has 1 saturated heterocycles. The molecule has 1 saturated carbocycles. The summed E-state index contributed by atoms with van der Waals surface area (Å²) in [6.07, 6.45) is 9.54. The van der Waals surface area contributed by atoms with Crippen LogP contribution in [0.5, 0.6) is 5.75 Å². The highest BCUT2D eigenvalue weighted by Gasteiger charge is 2.25. The van der Waals surface area contributed by atoms with E-state index in [-0.39, 0.29) is 12.0 Å². The highest BCUT2D eigenvalue weighted by Crippen LogP contribution is 2.28. The van der Waals surface area contributed by atoms with E-state index in [9.17, 15) is 4.79 Å². The van der Waals surface area contributed by atoms with Crippen LogP contribution in [0.2, 0.25) is 0 Å². The van der Waals surface area contributed by atoms with E-state index in [2.05, 4.69) is 15.3 Å². The van der Waals surface area contributed by atoms with Crippen LogP contribution in [0.15, 0.2) is 42.9 Å². The van der Waals surface area contributed by atoms with Crippen LogP contribution in [-0.2, 0) is 0 Å². The fourth-order valence-electron chi connectivity index (χ4n) is 3.16. The minimum absolute atomic E-state index is 0.0473. The molecule has 6 nitrogen and oxygen atoms in total. The molecular weight excluding hydrogens is 328 g/mol. The molecule has 0 bridgehead atoms. The Morgan fingerprint density at radius 3 is 2.65 bits per heavy atom. The Kier molecular flexibility index (Phi) is 5.00. The van der Waals surface area contributed by atoms with Crippen molar-refractivity contribution in [2.45, 2.75) is 31.8 Å². The number of amides is 1. The van der Waals surface area contributed by atoms with Crippen LogP contribution >= 0.6 is 0 Å². The lowest BCUT2D eigenvalue weighted by molar-refractivity contribution is 0.0594. The van der Waals surface area contributed by atoms with Gasteiger partial charge in [-0.2, -0.15) is 0 Å². The second kappa shape index (κ2) is 7.72. The average molecular weight is 352 g/mol. The number of carbonyl (C=O) groups is 1. The van der Waals surface area contributed by atoms with Crippen LogP contribution < -0.4 is 10.1 Å². The summed E-state index contributed by atoms with van der Waals surface area (Å²) in [4.78, 5) is 23.0. The molecule has 1 aliphatic heterocycles. The molecule has 26 heavy (non-hydrogen) atoms. The smallest absolute Gasteiger partial charge is 0.255 e. The molecule has 2 fully saturated rings. The number of ether oxygens (including phenoxy) is 1. The second-order valence-corrected chi connectivity index (χ2v) is 7.05. The van der Waals surface area contributed by atoms with Gasteiger partial charge >= 0.3 is 0 Å². The largest absolute Gasteiger partial charge is 0.489 e. The van der Waals surface area contributed by atoms with Crippen molar-refractivity contribution in [1.82, 2.24) is 14.9 Å². The number of aromatic nitrogens is 2. The third kappa shape index (κ3) is 4.31. The molecule has 0 atom stereocenters. The molecule has 2 aromatic rings. The zero-order valence-corrected chi connectivity index (χ0v) is 14.8. The Balaban J connectivity index is 1.27. The minimum Gasteiger partial charge on any atom is -0.489 e. The lowest BCUT2D eigenvalue weighted by Crippen LogP contribution is -2.41. The predicted molar refractivity (Wildman–Crippen MR) is 99.2 cm³/mol. The summed E-state index contributed by atoms with van der Waals surface area (Å²) in [5.74, 6) is 2.48. The minimum atomic E-state index is 0.0473. The molecule has 4 rings (SSSR count). The summed E-state index contributed by atoms with van der Waals surface area (Å²) in [5, 5.41) is 3.32. The third-order valence-corrected chi connectivity index (χ3v) is 4.95. The zero-order valence-electron chi connectivity index (χ0n) is 14.8. The molecule has 1 N–H and O–H groups in total. The van der Waals surface area contributed by atoms with Crippen molar-refractivity contribution in [3.8, 4) is 5.75 Å². The number of rotatable bonds is 6. The van der Waals surface area contributed by atoms with Gasteiger partial charge in [-0.1, -0.05) is 0 Å². The van der Waals surface area contributed by atoms with Gasteiger partial charge in [0.1, 0.15) is 17.7 Å². The molecule has 2 aromatic heterocycles. The number of nitrogens with zero attached hydrogens (tertiary/aromatic N) is 3. The maximum absolute atomic E-state index is 12.7. The quantitative estimate of drug-likeness (QED) is 0.866. The summed E-state index contributed by atoms with van der Waals surface area (Å²) in [6.45, 7) is 2.38. The van der Waals surface area contributed by atoms with Crippen LogP contribution in [0, 0.1) is 5.92 Å². The van der Waals surface area contributed by atoms with Crippen molar-refractivity contribution in [3.63, 3.8) is 0 Å². The predicted octanol–water partition coefficient (Wildman–Crippen LogP) is 2.98. The fourth-order valence-corrected chi connectivity index (χ4v) is 3.16. The maximum Gasteiger partial charge on any atom is 0.255 e. The van der Waals surface area contributed by atoms with Gasteiger partial charge in [-0.15, -0.1) is 0 Å². The van der Waals surface area contributed by atoms with E-state index < -0.39 is 0 Å². The van der Waals surface area contributed by atoms with Crippen LogP contribution in [0.25, 0.3) is 0 Å². The van der Waals surface area contributed by atoms with E-state index >= 15 is 0 Å². The molecule has 6 heteroatoms. The van der Waals surface area contributed by atoms with Crippen molar-refractivity contribution < 1.29 is 9.53 Å². The Bertz CT molecular complexity index is 723. The van der Waals surface area contributed by atoms with Gasteiger partial charge in [0.15, 0.2) is 0 Å². The SMILES string of the molecule is O=C(c1ccc(NCC2CC2)nc1)N1CCC(Oc2cccnc2)CC1. The Labute approximate surface area is 153 Å². The van der Waals surface area contributed by atoms with E-state index in [1.54, 1.807) is 18.6 Å². The molecule has 0 spiro atoms. The van der Waals surface area contributed by atoms with E-state index in [1.807, 2.05) is 29.2 Å². The Morgan fingerprint density at radius 1 is 1.15 bits per heavy atom. The molecule has 1 amide bonds. The van der Waals surface area contributed by atoms with Gasteiger partial charge in [0.25, 0.3) is 5.91 Å². The lowest BCUT2D eigenvalue weighted by Gasteiger charge is -2.32. The number of anilines is 1. The van der Waals surface area contributed by atoms with Gasteiger partial charge < -0.3 is 15.0 Å². The van der Waals surface area contributed by atoms with Gasteiger partial charge in [-0.3, -0.25) is 9.78 Å². The van der Waals surface area contributed by atoms with Crippen LogP contribution in [-0.4, -0.2) is 46.5 Å². The average Bonchev–Trinajstić information content (AvgIpc) is 3.52. The summed E-state index contributed by atoms with van der Waals surface area (Å²) in [6, 6.07) is 7.54. The molecule has 2 aliphatic rings. The third-order valence-electron chi connectivity index (χ3n) is 4.95. The zero-order chi connectivity index (χ0) is 17.8. The number of hydrogen-bond donors (Lipinski definition) is 1. The van der Waals surface area contributed by atoms with Gasteiger partial charge in [-0.25, -0.2) is 4.98 Å². The van der Waals surface area contributed by atoms with E-state index in [4.69, 9.17) is 4.74 Å². The van der Waals surface area contributed by atoms with E-state index in [0.29, 0.717) is 18.7 Å². The van der Waals surface area contributed by atoms with Gasteiger partial charge in [0.2, 0.25) is 0 Å². The van der Waals surface area contributed by atoms with Gasteiger partial charge in [0, 0.05) is 44.9 Å². The first-order chi connectivity index (χ1) is 12.8. The molecule has 0 aromatic carbocycles. The van der Waals surface area contributed by atoms with Crippen LogP contribution in [0.3, 0.4) is 0 Å². The van der Waals surface area contributed by atoms with E-state index in [1.165, 1.54) is 12.8 Å². The maximum atomic E-state index is 12.7. The topological polar surface area (TPSA) is 67.4 Å². The first-order valence-corrected chi connectivity index (χ1v) is 9.34. The summed E-state index contributed by atoms with van der Waals surface area (Å²) in [5.41, 5.74) is 0.647. The number of pyridine rings is 2. The van der Waals surface area contributed by atoms with Crippen molar-refractivity contribution in [2.24, 2.45) is 5.92 Å². The standard InChI is InChI=1S/C20H24N4O2/c25-20(16-5-6-19(23-13-16)22-12-15-3-4-15)24-10-7-17(8-11-24)26-18-2-1-9-21-14-18/h1-2,5-6,9,13-15,17H,3-4,7-8,10-12H2,(H,22,23). The van der Waals surface area contributed by atoms with Crippen molar-refractivity contribution in [3.05, 3.63) is 48.4 Å². The number of piperidine rings is 1. The summed E-state index contributed by atoms with van der Waals surface area (Å²) >= 11 is 0. The number of carbonyl (C=O) groups excluding carboxylic acids is 1. The van der Waals surface area contributed by atoms with Crippen LogP contribution in [0.1, 0.15) is 36.0 Å². The highest BCUT2D eigenvalue weighted by molar-refractivity contribution is 5.94. The number of hydrogen-bond acceptors (Lipinski definition) is 5. The monoisotopic (exact) mass is 352 g/mol. The number of likely N-dealkylation sites (tertiary alicyclic amines) is 1. The molecule has 136 valence electrons. The molecule has 3 heterocycles. The molecule has 1 aliphatic carbocycles. The van der Waals surface area contributed by atoms with Crippen molar-refractivity contribution >= 4 is 11.7 Å². The summed E-state index contributed by atoms with van der Waals surface area (Å²) < 4.78 is 5.93. The first kappa shape index (κ1) is 16.8. The van der Waals surface area contributed by atoms with Crippen LogP contribution in [0.4, 0.5) is 5.82 Å². The number of nitrogens with one attached hydrogen (secondary N) is 1. The molecule has 0 radical (unpaired) electrons. The molecular formula is C20H24N4O2. The lowest BCUT2D eigenvalue weighted by atomic mass is 10.1. The van der Waals surface area contributed by atoms with E-state index in [0.717, 1.165) is 36.9 Å². The fraction of sp³-hybridized carbons (Fsp3) is 0.450. The van der Waals surface area contributed by atoms with Crippen molar-refractivity contribution in [1.29, 1.82) is 0 Å². The van der Waals surface area contributed by atoms with Crippen molar-refractivity contribution in [2.75, 3.05) is 25.0 Å². The van der Waals surface area contributed by atoms with Gasteiger partial charge in [-0.05, 0) is 43.0 Å². The summed E-state index contributed by atoms with van der Waals surface area (Å²) in [7, 11) is 0. The van der Waals surface area contributed by atoms with Gasteiger partial charge in [0.05, 0.1) is 11.8 Å². The Morgan fingerprint density at radius 2 is 2.00 bits per heavy atom. The molecule has 0 unspecified atom stereocenters. The first-order valence-electron chi connectivity index (χ1n) is 9.34. The highest BCUT2D eigenvalue weighted by atomic mass is 16.5. The Hall–Kier alpha value is -2.63. The second-order valence-electron chi connectivity index (χ2n) is 7.05.